The van der Waals surface area contributed by atoms with Crippen LogP contribution in [-0.4, -0.2) is 24.2 Å². The van der Waals surface area contributed by atoms with Crippen LogP contribution in [0.5, 0.6) is 0 Å². The van der Waals surface area contributed by atoms with Gasteiger partial charge in [0.15, 0.2) is 0 Å². The van der Waals surface area contributed by atoms with E-state index in [9.17, 15) is 4.79 Å². The molecule has 0 radical (unpaired) electrons. The highest BCUT2D eigenvalue weighted by atomic mass is 16.5. The summed E-state index contributed by atoms with van der Waals surface area (Å²) in [5.41, 5.74) is 5.56. The second-order valence-electron chi connectivity index (χ2n) is 5.00. The fourth-order valence-corrected chi connectivity index (χ4v) is 2.56. The molecule has 0 atom stereocenters. The maximum atomic E-state index is 11.3. The monoisotopic (exact) mass is 283 g/mol. The highest BCUT2D eigenvalue weighted by Crippen LogP contribution is 2.29. The summed E-state index contributed by atoms with van der Waals surface area (Å²) in [5.74, 6) is -0.492. The van der Waals surface area contributed by atoms with Crippen LogP contribution in [-0.2, 0) is 6.54 Å². The number of para-hydroxylation sites is 2. The maximum Gasteiger partial charge on any atom is 0.274 e. The number of hydrogen-bond donors (Lipinski definition) is 3. The molecule has 0 fully saturated rings. The third-order valence-electron chi connectivity index (χ3n) is 3.63. The van der Waals surface area contributed by atoms with Crippen molar-refractivity contribution in [3.05, 3.63) is 59.7 Å². The van der Waals surface area contributed by atoms with Crippen LogP contribution in [0.25, 0.3) is 0 Å². The fourth-order valence-electron chi connectivity index (χ4n) is 2.56. The van der Waals surface area contributed by atoms with Gasteiger partial charge in [-0.2, -0.15) is 0 Å². The SMILES string of the molecule is O=C(NO)c1ccc(CN2CCNc3ccccc32)cc1. The first-order valence-electron chi connectivity index (χ1n) is 6.89. The van der Waals surface area contributed by atoms with Crippen molar-refractivity contribution < 1.29 is 10.0 Å². The molecule has 2 aromatic carbocycles. The van der Waals surface area contributed by atoms with Crippen molar-refractivity contribution in [3.8, 4) is 0 Å². The molecule has 108 valence electrons. The van der Waals surface area contributed by atoms with Gasteiger partial charge in [0.25, 0.3) is 5.91 Å². The Labute approximate surface area is 123 Å². The van der Waals surface area contributed by atoms with Gasteiger partial charge >= 0.3 is 0 Å². The molecule has 0 saturated carbocycles. The Morgan fingerprint density at radius 2 is 1.95 bits per heavy atom. The quantitative estimate of drug-likeness (QED) is 0.597. The molecule has 0 aliphatic carbocycles. The summed E-state index contributed by atoms with van der Waals surface area (Å²) >= 11 is 0. The number of carbonyl (C=O) groups is 1. The van der Waals surface area contributed by atoms with Gasteiger partial charge in [0.2, 0.25) is 0 Å². The van der Waals surface area contributed by atoms with E-state index in [-0.39, 0.29) is 0 Å². The minimum Gasteiger partial charge on any atom is -0.382 e. The average molecular weight is 283 g/mol. The number of nitrogens with zero attached hydrogens (tertiary/aromatic N) is 1. The number of fused-ring (bicyclic) bond motifs is 1. The molecule has 3 rings (SSSR count). The summed E-state index contributed by atoms with van der Waals surface area (Å²) in [4.78, 5) is 13.6. The number of rotatable bonds is 3. The third kappa shape index (κ3) is 2.83. The number of amides is 1. The molecule has 21 heavy (non-hydrogen) atoms. The number of carbonyl (C=O) groups excluding carboxylic acids is 1. The standard InChI is InChI=1S/C16H17N3O2/c20-16(18-21)13-7-5-12(6-8-13)11-19-10-9-17-14-3-1-2-4-15(14)19/h1-8,17,21H,9-11H2,(H,18,20). The van der Waals surface area contributed by atoms with E-state index in [1.165, 1.54) is 5.69 Å². The minimum absolute atomic E-state index is 0.446. The van der Waals surface area contributed by atoms with Crippen LogP contribution in [0.1, 0.15) is 15.9 Å². The summed E-state index contributed by atoms with van der Waals surface area (Å²) < 4.78 is 0. The molecule has 1 amide bonds. The van der Waals surface area contributed by atoms with Crippen molar-refractivity contribution in [2.24, 2.45) is 0 Å². The predicted octanol–water partition coefficient (Wildman–Crippen LogP) is 2.24. The smallest absolute Gasteiger partial charge is 0.274 e. The van der Waals surface area contributed by atoms with Gasteiger partial charge < -0.3 is 10.2 Å². The zero-order valence-corrected chi connectivity index (χ0v) is 11.5. The molecule has 3 N–H and O–H groups in total. The fraction of sp³-hybridized carbons (Fsp3) is 0.188. The lowest BCUT2D eigenvalue weighted by molar-refractivity contribution is 0.0706. The Kier molecular flexibility index (Phi) is 3.75. The van der Waals surface area contributed by atoms with Gasteiger partial charge in [-0.1, -0.05) is 24.3 Å². The molecule has 1 heterocycles. The lowest BCUT2D eigenvalue weighted by atomic mass is 10.1. The van der Waals surface area contributed by atoms with Crippen LogP contribution in [0.15, 0.2) is 48.5 Å². The lowest BCUT2D eigenvalue weighted by Crippen LogP contribution is -2.33. The maximum absolute atomic E-state index is 11.3. The van der Waals surface area contributed by atoms with Crippen LogP contribution in [0.4, 0.5) is 11.4 Å². The van der Waals surface area contributed by atoms with E-state index in [0.717, 1.165) is 30.9 Å². The molecule has 5 nitrogen and oxygen atoms in total. The number of hydrogen-bond acceptors (Lipinski definition) is 4. The van der Waals surface area contributed by atoms with E-state index in [0.29, 0.717) is 5.56 Å². The number of anilines is 2. The molecule has 0 saturated heterocycles. The van der Waals surface area contributed by atoms with Crippen molar-refractivity contribution in [3.63, 3.8) is 0 Å². The Hall–Kier alpha value is -2.53. The van der Waals surface area contributed by atoms with Crippen LogP contribution < -0.4 is 15.7 Å². The summed E-state index contributed by atoms with van der Waals surface area (Å²) in [7, 11) is 0. The van der Waals surface area contributed by atoms with Crippen molar-refractivity contribution in [1.29, 1.82) is 0 Å². The number of benzene rings is 2. The first kappa shape index (κ1) is 13.5. The van der Waals surface area contributed by atoms with Gasteiger partial charge in [-0.3, -0.25) is 10.0 Å². The van der Waals surface area contributed by atoms with E-state index >= 15 is 0 Å². The molecule has 0 spiro atoms. The largest absolute Gasteiger partial charge is 0.382 e. The van der Waals surface area contributed by atoms with E-state index in [1.807, 2.05) is 24.3 Å². The zero-order valence-electron chi connectivity index (χ0n) is 11.5. The summed E-state index contributed by atoms with van der Waals surface area (Å²) in [6.45, 7) is 2.65. The van der Waals surface area contributed by atoms with Gasteiger partial charge in [0.1, 0.15) is 0 Å². The highest BCUT2D eigenvalue weighted by molar-refractivity contribution is 5.93. The molecule has 0 unspecified atom stereocenters. The van der Waals surface area contributed by atoms with Crippen molar-refractivity contribution in [2.75, 3.05) is 23.3 Å². The Balaban J connectivity index is 1.77. The van der Waals surface area contributed by atoms with Crippen LogP contribution in [0, 0.1) is 0 Å². The lowest BCUT2D eigenvalue weighted by Gasteiger charge is -2.32. The predicted molar refractivity (Wildman–Crippen MR) is 81.7 cm³/mol. The molecular formula is C16H17N3O2. The molecule has 1 aliphatic rings. The Bertz CT molecular complexity index is 640. The second-order valence-corrected chi connectivity index (χ2v) is 5.00. The third-order valence-corrected chi connectivity index (χ3v) is 3.63. The Morgan fingerprint density at radius 1 is 1.19 bits per heavy atom. The topological polar surface area (TPSA) is 64.6 Å². The van der Waals surface area contributed by atoms with E-state index in [2.05, 4.69) is 22.3 Å². The van der Waals surface area contributed by atoms with E-state index in [4.69, 9.17) is 5.21 Å². The van der Waals surface area contributed by atoms with Crippen molar-refractivity contribution in [2.45, 2.75) is 6.54 Å². The average Bonchev–Trinajstić information content (AvgIpc) is 2.55. The summed E-state index contributed by atoms with van der Waals surface area (Å²) in [6, 6.07) is 15.5. The van der Waals surface area contributed by atoms with Crippen LogP contribution in [0.3, 0.4) is 0 Å². The Morgan fingerprint density at radius 3 is 2.71 bits per heavy atom. The number of nitrogens with one attached hydrogen (secondary N) is 2. The zero-order chi connectivity index (χ0) is 14.7. The molecule has 2 aromatic rings. The molecule has 1 aliphatic heterocycles. The van der Waals surface area contributed by atoms with E-state index < -0.39 is 5.91 Å². The van der Waals surface area contributed by atoms with Crippen molar-refractivity contribution in [1.82, 2.24) is 5.48 Å². The summed E-state index contributed by atoms with van der Waals surface area (Å²) in [6.07, 6.45) is 0. The van der Waals surface area contributed by atoms with Crippen molar-refractivity contribution >= 4 is 17.3 Å². The van der Waals surface area contributed by atoms with Crippen LogP contribution in [0.2, 0.25) is 0 Å². The molecule has 0 aromatic heterocycles. The molecule has 0 bridgehead atoms. The summed E-state index contributed by atoms with van der Waals surface area (Å²) in [5, 5.41) is 12.0. The van der Waals surface area contributed by atoms with E-state index in [1.54, 1.807) is 17.6 Å². The van der Waals surface area contributed by atoms with Gasteiger partial charge in [-0.25, -0.2) is 5.48 Å². The number of hydroxylamine groups is 1. The molecular weight excluding hydrogens is 266 g/mol. The van der Waals surface area contributed by atoms with Gasteiger partial charge in [-0.05, 0) is 29.8 Å². The van der Waals surface area contributed by atoms with Crippen LogP contribution >= 0.6 is 0 Å². The normalized spacial score (nSPS) is 13.3. The first-order valence-corrected chi connectivity index (χ1v) is 6.89. The first-order chi connectivity index (χ1) is 10.3. The van der Waals surface area contributed by atoms with Gasteiger partial charge in [0, 0.05) is 25.2 Å². The van der Waals surface area contributed by atoms with Gasteiger partial charge in [0.05, 0.1) is 11.4 Å². The highest BCUT2D eigenvalue weighted by Gasteiger charge is 2.15. The minimum atomic E-state index is -0.492. The van der Waals surface area contributed by atoms with Gasteiger partial charge in [-0.15, -0.1) is 0 Å². The molecule has 5 heteroatoms. The second kappa shape index (κ2) is 5.85.